The topological polar surface area (TPSA) is 162 Å². The molecule has 0 fully saturated rings. The number of benzene rings is 1. The lowest BCUT2D eigenvalue weighted by atomic mass is 10.2. The van der Waals surface area contributed by atoms with E-state index in [1.165, 1.54) is 6.21 Å². The normalized spacial score (nSPS) is 10.8. The summed E-state index contributed by atoms with van der Waals surface area (Å²) in [6.45, 7) is 0. The van der Waals surface area contributed by atoms with Crippen molar-refractivity contribution in [2.24, 2.45) is 5.10 Å². The number of halogens is 1. The van der Waals surface area contributed by atoms with Gasteiger partial charge in [-0.3, -0.25) is 24.7 Å². The Labute approximate surface area is 170 Å². The van der Waals surface area contributed by atoms with E-state index in [-0.39, 0.29) is 17.2 Å². The Hall–Kier alpha value is -3.64. The number of hydrazone groups is 1. The summed E-state index contributed by atoms with van der Waals surface area (Å²) in [5.74, 6) is -1.19. The first kappa shape index (κ1) is 20.1. The number of aromatic nitrogens is 4. The molecule has 3 aromatic rings. The molecule has 0 aliphatic carbocycles. The maximum atomic E-state index is 12.0. The van der Waals surface area contributed by atoms with Crippen molar-refractivity contribution in [2.45, 2.75) is 6.42 Å². The molecule has 0 bridgehead atoms. The fraction of sp³-hybridized carbons (Fsp3) is 0.0625. The van der Waals surface area contributed by atoms with E-state index in [9.17, 15) is 19.2 Å². The summed E-state index contributed by atoms with van der Waals surface area (Å²) in [7, 11) is 0. The van der Waals surface area contributed by atoms with Gasteiger partial charge >= 0.3 is 5.69 Å². The lowest BCUT2D eigenvalue weighted by Gasteiger charge is -1.99. The number of nitrogens with zero attached hydrogens (tertiary/aromatic N) is 3. The van der Waals surface area contributed by atoms with E-state index in [2.05, 4.69) is 31.0 Å². The number of nitrogens with one attached hydrogen (secondary N) is 4. The number of carbonyl (C=O) groups is 2. The van der Waals surface area contributed by atoms with Gasteiger partial charge in [-0.25, -0.2) is 10.2 Å². The Bertz CT molecular complexity index is 1170. The lowest BCUT2D eigenvalue weighted by molar-refractivity contribution is -0.120. The molecule has 0 saturated heterocycles. The third kappa shape index (κ3) is 5.67. The van der Waals surface area contributed by atoms with Gasteiger partial charge in [-0.05, 0) is 6.07 Å². The molecule has 4 N–H and O–H groups in total. The van der Waals surface area contributed by atoms with E-state index in [0.717, 1.165) is 17.4 Å². The lowest BCUT2D eigenvalue weighted by Crippen LogP contribution is -2.27. The largest absolute Gasteiger partial charge is 0.326 e. The fourth-order valence-corrected chi connectivity index (χ4v) is 2.98. The molecule has 0 spiro atoms. The van der Waals surface area contributed by atoms with Crippen LogP contribution in [-0.2, 0) is 11.2 Å². The highest BCUT2D eigenvalue weighted by molar-refractivity contribution is 7.15. The van der Waals surface area contributed by atoms with E-state index in [1.807, 2.05) is 4.98 Å². The number of rotatable bonds is 6. The first-order chi connectivity index (χ1) is 13.9. The van der Waals surface area contributed by atoms with Crippen molar-refractivity contribution in [1.29, 1.82) is 0 Å². The molecule has 2 aromatic heterocycles. The number of carbonyl (C=O) groups excluding carboxylic acids is 2. The molecule has 0 radical (unpaired) electrons. The maximum Gasteiger partial charge on any atom is 0.326 e. The molecule has 0 aliphatic heterocycles. The van der Waals surface area contributed by atoms with Crippen LogP contribution in [0.1, 0.15) is 21.1 Å². The van der Waals surface area contributed by atoms with Gasteiger partial charge in [-0.2, -0.15) is 5.10 Å². The average Bonchev–Trinajstić information content (AvgIpc) is 3.09. The summed E-state index contributed by atoms with van der Waals surface area (Å²) < 4.78 is 0. The van der Waals surface area contributed by atoms with Crippen molar-refractivity contribution in [3.05, 3.63) is 72.5 Å². The molecule has 13 heteroatoms. The Kier molecular flexibility index (Phi) is 6.26. The van der Waals surface area contributed by atoms with Crippen LogP contribution in [0.4, 0.5) is 5.13 Å². The van der Waals surface area contributed by atoms with Crippen molar-refractivity contribution in [2.75, 3.05) is 5.32 Å². The van der Waals surface area contributed by atoms with Gasteiger partial charge in [0.2, 0.25) is 11.0 Å². The predicted molar refractivity (Wildman–Crippen MR) is 106 cm³/mol. The molecule has 0 saturated carbocycles. The number of hydrogen-bond acceptors (Lipinski definition) is 8. The number of aromatic amines is 2. The van der Waals surface area contributed by atoms with Crippen molar-refractivity contribution >= 4 is 46.1 Å². The summed E-state index contributed by atoms with van der Waals surface area (Å²) in [4.78, 5) is 50.6. The van der Waals surface area contributed by atoms with Crippen LogP contribution >= 0.6 is 22.9 Å². The van der Waals surface area contributed by atoms with Gasteiger partial charge in [0.25, 0.3) is 11.5 Å². The summed E-state index contributed by atoms with van der Waals surface area (Å²) in [5, 5.41) is 14.7. The standard InChI is InChI=1S/C16H12ClN7O4S/c17-9-4-2-1-3-8(9)7-18-22-12(26)6-13-23-24-16(29-13)21-14(27)10-5-11(25)20-15(28)19-10/h1-5,7H,6H2,(H,22,26)(H,21,24,27)(H2,19,20,25,28)/b18-7-. The zero-order valence-electron chi connectivity index (χ0n) is 14.4. The molecule has 0 atom stereocenters. The van der Waals surface area contributed by atoms with Crippen LogP contribution in [0.3, 0.4) is 0 Å². The Morgan fingerprint density at radius 1 is 1.21 bits per heavy atom. The molecule has 2 amide bonds. The zero-order valence-corrected chi connectivity index (χ0v) is 16.0. The minimum atomic E-state index is -0.811. The van der Waals surface area contributed by atoms with Gasteiger partial charge in [0, 0.05) is 16.7 Å². The van der Waals surface area contributed by atoms with Crippen LogP contribution in [0.25, 0.3) is 0 Å². The van der Waals surface area contributed by atoms with E-state index in [1.54, 1.807) is 24.3 Å². The van der Waals surface area contributed by atoms with Crippen LogP contribution in [0.5, 0.6) is 0 Å². The van der Waals surface area contributed by atoms with Crippen molar-refractivity contribution in [1.82, 2.24) is 25.6 Å². The van der Waals surface area contributed by atoms with Crippen molar-refractivity contribution in [3.63, 3.8) is 0 Å². The van der Waals surface area contributed by atoms with Crippen LogP contribution in [0.15, 0.2) is 45.0 Å². The maximum absolute atomic E-state index is 12.0. The van der Waals surface area contributed by atoms with E-state index < -0.39 is 23.1 Å². The fourth-order valence-electron chi connectivity index (χ4n) is 2.06. The molecule has 29 heavy (non-hydrogen) atoms. The smallest absolute Gasteiger partial charge is 0.303 e. The zero-order chi connectivity index (χ0) is 20.8. The monoisotopic (exact) mass is 433 g/mol. The summed E-state index contributed by atoms with van der Waals surface area (Å²) in [6, 6.07) is 7.93. The summed E-state index contributed by atoms with van der Waals surface area (Å²) in [6.07, 6.45) is 1.30. The van der Waals surface area contributed by atoms with Gasteiger partial charge in [0.1, 0.15) is 10.7 Å². The van der Waals surface area contributed by atoms with Gasteiger partial charge in [-0.15, -0.1) is 10.2 Å². The average molecular weight is 434 g/mol. The molecule has 0 aliphatic rings. The molecule has 2 heterocycles. The van der Waals surface area contributed by atoms with Gasteiger partial charge in [-0.1, -0.05) is 41.1 Å². The van der Waals surface area contributed by atoms with Crippen molar-refractivity contribution < 1.29 is 9.59 Å². The molecule has 11 nitrogen and oxygen atoms in total. The van der Waals surface area contributed by atoms with E-state index in [4.69, 9.17) is 11.6 Å². The van der Waals surface area contributed by atoms with Gasteiger partial charge in [0.05, 0.1) is 12.6 Å². The van der Waals surface area contributed by atoms with Crippen LogP contribution in [0.2, 0.25) is 5.02 Å². The highest BCUT2D eigenvalue weighted by atomic mass is 35.5. The number of H-pyrrole nitrogens is 2. The first-order valence-corrected chi connectivity index (χ1v) is 9.14. The highest BCUT2D eigenvalue weighted by Gasteiger charge is 2.13. The minimum Gasteiger partial charge on any atom is -0.303 e. The predicted octanol–water partition coefficient (Wildman–Crippen LogP) is 0.513. The minimum absolute atomic E-state index is 0.0958. The summed E-state index contributed by atoms with van der Waals surface area (Å²) in [5.41, 5.74) is 1.23. The van der Waals surface area contributed by atoms with Gasteiger partial charge < -0.3 is 4.98 Å². The number of anilines is 1. The Morgan fingerprint density at radius 3 is 2.76 bits per heavy atom. The van der Waals surface area contributed by atoms with E-state index in [0.29, 0.717) is 15.6 Å². The molecular formula is C16H12ClN7O4S. The van der Waals surface area contributed by atoms with Crippen LogP contribution in [-0.4, -0.2) is 38.2 Å². The first-order valence-electron chi connectivity index (χ1n) is 7.94. The third-order valence-electron chi connectivity index (χ3n) is 3.30. The SMILES string of the molecule is O=C(Cc1nnc(NC(=O)c2cc(=O)[nH]c(=O)[nH]2)s1)N/N=C\c1ccccc1Cl. The molecular weight excluding hydrogens is 422 g/mol. The highest BCUT2D eigenvalue weighted by Crippen LogP contribution is 2.16. The van der Waals surface area contributed by atoms with Crippen LogP contribution in [0, 0.1) is 0 Å². The quantitative estimate of drug-likeness (QED) is 0.327. The summed E-state index contributed by atoms with van der Waals surface area (Å²) >= 11 is 6.94. The molecule has 148 valence electrons. The second-order valence-corrected chi connectivity index (χ2v) is 6.92. The van der Waals surface area contributed by atoms with Crippen LogP contribution < -0.4 is 22.0 Å². The Morgan fingerprint density at radius 2 is 2.00 bits per heavy atom. The van der Waals surface area contributed by atoms with Gasteiger partial charge in [0.15, 0.2) is 0 Å². The van der Waals surface area contributed by atoms with E-state index >= 15 is 0 Å². The Balaban J connectivity index is 1.56. The molecule has 3 rings (SSSR count). The molecule has 1 aromatic carbocycles. The number of hydrogen-bond donors (Lipinski definition) is 4. The second-order valence-electron chi connectivity index (χ2n) is 5.45. The second kappa shape index (κ2) is 9.03. The third-order valence-corrected chi connectivity index (χ3v) is 4.49. The number of amides is 2. The molecule has 0 unspecified atom stereocenters. The van der Waals surface area contributed by atoms with Crippen molar-refractivity contribution in [3.8, 4) is 0 Å².